The van der Waals surface area contributed by atoms with E-state index in [1.54, 1.807) is 11.6 Å². The van der Waals surface area contributed by atoms with Gasteiger partial charge in [-0.1, -0.05) is 45.7 Å². The Kier molecular flexibility index (Phi) is 6.95. The van der Waals surface area contributed by atoms with Crippen molar-refractivity contribution in [3.63, 3.8) is 0 Å². The van der Waals surface area contributed by atoms with Crippen LogP contribution in [0.2, 0.25) is 5.02 Å². The molecule has 0 saturated carbocycles. The minimum absolute atomic E-state index is 0.136. The van der Waals surface area contributed by atoms with Gasteiger partial charge in [0, 0.05) is 20.9 Å². The summed E-state index contributed by atoms with van der Waals surface area (Å²) >= 11 is 9.63. The molecule has 2 amide bonds. The highest BCUT2D eigenvalue weighted by molar-refractivity contribution is 9.10. The lowest BCUT2D eigenvalue weighted by Gasteiger charge is -2.10. The molecule has 2 N–H and O–H groups in total. The fourth-order valence-electron chi connectivity index (χ4n) is 3.18. The summed E-state index contributed by atoms with van der Waals surface area (Å²) in [6.45, 7) is 5.83. The second-order valence-corrected chi connectivity index (χ2v) is 8.31. The van der Waals surface area contributed by atoms with Gasteiger partial charge in [0.1, 0.15) is 0 Å². The topological polar surface area (TPSA) is 76.0 Å². The van der Waals surface area contributed by atoms with E-state index in [2.05, 4.69) is 31.7 Å². The predicted molar refractivity (Wildman–Crippen MR) is 122 cm³/mol. The van der Waals surface area contributed by atoms with Crippen molar-refractivity contribution in [2.24, 2.45) is 0 Å². The summed E-state index contributed by atoms with van der Waals surface area (Å²) in [5, 5.41) is 10.6. The summed E-state index contributed by atoms with van der Waals surface area (Å²) in [5.74, 6) is -0.634. The Balaban J connectivity index is 1.66. The highest BCUT2D eigenvalue weighted by atomic mass is 79.9. The quantitative estimate of drug-likeness (QED) is 0.529. The third-order valence-corrected chi connectivity index (χ3v) is 5.62. The Hall–Kier alpha value is -2.64. The average Bonchev–Trinajstić information content (AvgIpc) is 2.97. The minimum atomic E-state index is -0.335. The summed E-state index contributed by atoms with van der Waals surface area (Å²) in [4.78, 5) is 25.0. The molecule has 0 radical (unpaired) electrons. The molecule has 0 bridgehead atoms. The van der Waals surface area contributed by atoms with Gasteiger partial charge in [0.05, 0.1) is 24.3 Å². The van der Waals surface area contributed by atoms with E-state index in [1.807, 2.05) is 56.3 Å². The number of hydrogen-bond acceptors (Lipinski definition) is 3. The number of aromatic nitrogens is 2. The van der Waals surface area contributed by atoms with Crippen molar-refractivity contribution in [1.29, 1.82) is 0 Å². The molecule has 8 heteroatoms. The van der Waals surface area contributed by atoms with Crippen molar-refractivity contribution in [2.75, 3.05) is 11.9 Å². The van der Waals surface area contributed by atoms with Crippen molar-refractivity contribution >= 4 is 45.0 Å². The molecule has 0 unspecified atom stereocenters. The van der Waals surface area contributed by atoms with Crippen molar-refractivity contribution in [3.8, 4) is 0 Å². The largest absolute Gasteiger partial charge is 0.343 e. The van der Waals surface area contributed by atoms with Crippen molar-refractivity contribution in [2.45, 2.75) is 27.3 Å². The molecule has 3 aromatic rings. The molecule has 0 spiro atoms. The van der Waals surface area contributed by atoms with Gasteiger partial charge in [0.25, 0.3) is 5.91 Å². The van der Waals surface area contributed by atoms with Gasteiger partial charge in [-0.2, -0.15) is 5.10 Å². The van der Waals surface area contributed by atoms with E-state index >= 15 is 0 Å². The van der Waals surface area contributed by atoms with Crippen LogP contribution in [-0.2, 0) is 11.3 Å². The number of amides is 2. The molecule has 0 aliphatic heterocycles. The van der Waals surface area contributed by atoms with E-state index in [0.29, 0.717) is 34.2 Å². The number of nitrogens with zero attached hydrogens (tertiary/aromatic N) is 2. The molecular formula is C22H22BrClN4O2. The predicted octanol–water partition coefficient (Wildman–Crippen LogP) is 4.64. The molecule has 0 fully saturated rings. The zero-order valence-electron chi connectivity index (χ0n) is 16.9. The van der Waals surface area contributed by atoms with Gasteiger partial charge in [-0.3, -0.25) is 14.3 Å². The Labute approximate surface area is 188 Å². The number of halogens is 2. The smallest absolute Gasteiger partial charge is 0.255 e. The third kappa shape index (κ3) is 5.09. The monoisotopic (exact) mass is 488 g/mol. The SMILES string of the molecule is Cc1cc(Br)ccc1NC(=O)CNC(=O)c1c(C)nn(Cc2ccccc2Cl)c1C. The van der Waals surface area contributed by atoms with Gasteiger partial charge >= 0.3 is 0 Å². The molecular weight excluding hydrogens is 468 g/mol. The van der Waals surface area contributed by atoms with Crippen LogP contribution in [0.3, 0.4) is 0 Å². The maximum Gasteiger partial charge on any atom is 0.255 e. The summed E-state index contributed by atoms with van der Waals surface area (Å²) < 4.78 is 2.68. The zero-order chi connectivity index (χ0) is 21.8. The maximum absolute atomic E-state index is 12.7. The molecule has 3 rings (SSSR count). The van der Waals surface area contributed by atoms with Crippen LogP contribution in [0.25, 0.3) is 0 Å². The van der Waals surface area contributed by atoms with Crippen LogP contribution in [-0.4, -0.2) is 28.1 Å². The molecule has 2 aromatic carbocycles. The van der Waals surface area contributed by atoms with E-state index in [4.69, 9.17) is 11.6 Å². The maximum atomic E-state index is 12.7. The fraction of sp³-hybridized carbons (Fsp3) is 0.227. The Morgan fingerprint density at radius 1 is 1.13 bits per heavy atom. The first-order chi connectivity index (χ1) is 14.3. The normalized spacial score (nSPS) is 10.7. The van der Waals surface area contributed by atoms with Gasteiger partial charge in [-0.15, -0.1) is 0 Å². The second-order valence-electron chi connectivity index (χ2n) is 6.98. The van der Waals surface area contributed by atoms with Gasteiger partial charge < -0.3 is 10.6 Å². The first-order valence-electron chi connectivity index (χ1n) is 9.38. The summed E-state index contributed by atoms with van der Waals surface area (Å²) in [6.07, 6.45) is 0. The van der Waals surface area contributed by atoms with Gasteiger partial charge in [-0.05, 0) is 56.2 Å². The van der Waals surface area contributed by atoms with Gasteiger partial charge in [0.2, 0.25) is 5.91 Å². The van der Waals surface area contributed by atoms with Gasteiger partial charge in [0.15, 0.2) is 0 Å². The molecule has 156 valence electrons. The van der Waals surface area contributed by atoms with E-state index < -0.39 is 0 Å². The number of anilines is 1. The number of carbonyl (C=O) groups is 2. The Bertz CT molecular complexity index is 1110. The van der Waals surface area contributed by atoms with Crippen molar-refractivity contribution in [1.82, 2.24) is 15.1 Å². The lowest BCUT2D eigenvalue weighted by molar-refractivity contribution is -0.115. The third-order valence-electron chi connectivity index (χ3n) is 4.76. The Morgan fingerprint density at radius 2 is 1.87 bits per heavy atom. The van der Waals surface area contributed by atoms with Crippen LogP contribution in [0.1, 0.15) is 32.9 Å². The number of rotatable bonds is 6. The molecule has 1 heterocycles. The lowest BCUT2D eigenvalue weighted by atomic mass is 10.1. The number of hydrogen-bond donors (Lipinski definition) is 2. The number of aryl methyl sites for hydroxylation is 2. The van der Waals surface area contributed by atoms with E-state index in [9.17, 15) is 9.59 Å². The first kappa shape index (κ1) is 22.1. The van der Waals surface area contributed by atoms with E-state index in [-0.39, 0.29) is 18.4 Å². The second kappa shape index (κ2) is 9.45. The summed E-state index contributed by atoms with van der Waals surface area (Å²) in [6, 6.07) is 13.1. The average molecular weight is 490 g/mol. The molecule has 30 heavy (non-hydrogen) atoms. The molecule has 0 saturated heterocycles. The van der Waals surface area contributed by atoms with E-state index in [1.165, 1.54) is 0 Å². The van der Waals surface area contributed by atoms with Crippen molar-refractivity contribution in [3.05, 3.63) is 80.0 Å². The van der Waals surface area contributed by atoms with Crippen LogP contribution in [0.5, 0.6) is 0 Å². The van der Waals surface area contributed by atoms with Crippen LogP contribution < -0.4 is 10.6 Å². The fourth-order valence-corrected chi connectivity index (χ4v) is 3.85. The summed E-state index contributed by atoms with van der Waals surface area (Å²) in [7, 11) is 0. The molecule has 1 aromatic heterocycles. The molecule has 0 aliphatic rings. The highest BCUT2D eigenvalue weighted by Gasteiger charge is 2.20. The van der Waals surface area contributed by atoms with E-state index in [0.717, 1.165) is 15.6 Å². The summed E-state index contributed by atoms with van der Waals surface area (Å²) in [5.41, 5.74) is 4.33. The lowest BCUT2D eigenvalue weighted by Crippen LogP contribution is -2.33. The van der Waals surface area contributed by atoms with Crippen LogP contribution in [0, 0.1) is 20.8 Å². The number of benzene rings is 2. The minimum Gasteiger partial charge on any atom is -0.343 e. The molecule has 6 nitrogen and oxygen atoms in total. The number of carbonyl (C=O) groups excluding carboxylic acids is 2. The zero-order valence-corrected chi connectivity index (χ0v) is 19.3. The number of nitrogens with one attached hydrogen (secondary N) is 2. The van der Waals surface area contributed by atoms with Gasteiger partial charge in [-0.25, -0.2) is 0 Å². The standard InChI is InChI=1S/C22H22BrClN4O2/c1-13-10-17(23)8-9-19(13)26-20(29)11-25-22(30)21-14(2)27-28(15(21)3)12-16-6-4-5-7-18(16)24/h4-10H,11-12H2,1-3H3,(H,25,30)(H,26,29). The first-order valence-corrected chi connectivity index (χ1v) is 10.5. The van der Waals surface area contributed by atoms with Crippen LogP contribution in [0.4, 0.5) is 5.69 Å². The van der Waals surface area contributed by atoms with Crippen LogP contribution >= 0.6 is 27.5 Å². The van der Waals surface area contributed by atoms with Crippen molar-refractivity contribution < 1.29 is 9.59 Å². The highest BCUT2D eigenvalue weighted by Crippen LogP contribution is 2.21. The Morgan fingerprint density at radius 3 is 2.57 bits per heavy atom. The van der Waals surface area contributed by atoms with Crippen LogP contribution in [0.15, 0.2) is 46.9 Å². The molecule has 0 atom stereocenters. The molecule has 0 aliphatic carbocycles.